The molecule has 0 atom stereocenters. The number of nitrogens with zero attached hydrogens (tertiary/aromatic N) is 2. The molecular weight excluding hydrogens is 264 g/mol. The van der Waals surface area contributed by atoms with Crippen LogP contribution >= 0.6 is 0 Å². The number of aromatic nitrogens is 2. The van der Waals surface area contributed by atoms with Crippen molar-refractivity contribution < 1.29 is 13.6 Å². The van der Waals surface area contributed by atoms with Crippen LogP contribution in [0.15, 0.2) is 24.4 Å². The zero-order chi connectivity index (χ0) is 14.9. The smallest absolute Gasteiger partial charge is 0.282 e. The Morgan fingerprint density at radius 3 is 2.70 bits per heavy atom. The summed E-state index contributed by atoms with van der Waals surface area (Å²) in [5.74, 6) is -0.581. The number of nitrogens with one attached hydrogen (secondary N) is 1. The van der Waals surface area contributed by atoms with Gasteiger partial charge in [0.05, 0.1) is 5.56 Å². The monoisotopic (exact) mass is 279 g/mol. The number of anilines is 1. The number of alkyl halides is 2. The van der Waals surface area contributed by atoms with Gasteiger partial charge in [0, 0.05) is 18.9 Å². The number of benzene rings is 1. The third kappa shape index (κ3) is 2.68. The van der Waals surface area contributed by atoms with Crippen LogP contribution in [-0.4, -0.2) is 15.7 Å². The van der Waals surface area contributed by atoms with Gasteiger partial charge in [0.25, 0.3) is 12.3 Å². The van der Waals surface area contributed by atoms with E-state index in [1.807, 2.05) is 19.9 Å². The highest BCUT2D eigenvalue weighted by Crippen LogP contribution is 2.23. The molecule has 4 nitrogen and oxygen atoms in total. The molecule has 1 amide bonds. The summed E-state index contributed by atoms with van der Waals surface area (Å²) < 4.78 is 26.9. The summed E-state index contributed by atoms with van der Waals surface area (Å²) in [5, 5.41) is 6.27. The fourth-order valence-electron chi connectivity index (χ4n) is 1.92. The Labute approximate surface area is 115 Å². The van der Waals surface area contributed by atoms with Gasteiger partial charge in [0.1, 0.15) is 5.69 Å². The van der Waals surface area contributed by atoms with Crippen LogP contribution in [0.5, 0.6) is 0 Å². The zero-order valence-electron chi connectivity index (χ0n) is 11.4. The van der Waals surface area contributed by atoms with Crippen molar-refractivity contribution in [1.29, 1.82) is 0 Å². The minimum Gasteiger partial charge on any atom is -0.322 e. The van der Waals surface area contributed by atoms with Crippen LogP contribution in [0.4, 0.5) is 14.5 Å². The number of carbonyl (C=O) groups is 1. The fraction of sp³-hybridized carbons (Fsp3) is 0.286. The molecule has 20 heavy (non-hydrogen) atoms. The van der Waals surface area contributed by atoms with E-state index in [2.05, 4.69) is 10.4 Å². The van der Waals surface area contributed by atoms with E-state index in [1.54, 1.807) is 12.1 Å². The lowest BCUT2D eigenvalue weighted by Gasteiger charge is -2.10. The Hall–Kier alpha value is -2.24. The minimum absolute atomic E-state index is 0.108. The number of rotatable bonds is 3. The van der Waals surface area contributed by atoms with Gasteiger partial charge in [0.2, 0.25) is 0 Å². The van der Waals surface area contributed by atoms with Crippen molar-refractivity contribution in [3.63, 3.8) is 0 Å². The van der Waals surface area contributed by atoms with Gasteiger partial charge < -0.3 is 5.32 Å². The maximum atomic E-state index is 12.8. The van der Waals surface area contributed by atoms with Gasteiger partial charge in [-0.3, -0.25) is 9.48 Å². The molecule has 0 bridgehead atoms. The lowest BCUT2D eigenvalue weighted by molar-refractivity contribution is 0.101. The summed E-state index contributed by atoms with van der Waals surface area (Å²) in [4.78, 5) is 12.1. The van der Waals surface area contributed by atoms with Gasteiger partial charge in [0.15, 0.2) is 0 Å². The van der Waals surface area contributed by atoms with Crippen LogP contribution in [0.3, 0.4) is 0 Å². The molecule has 106 valence electrons. The number of amides is 1. The van der Waals surface area contributed by atoms with Gasteiger partial charge in [-0.2, -0.15) is 5.10 Å². The second kappa shape index (κ2) is 5.40. The second-order valence-electron chi connectivity index (χ2n) is 4.60. The Morgan fingerprint density at radius 1 is 1.35 bits per heavy atom. The molecule has 0 aliphatic carbocycles. The van der Waals surface area contributed by atoms with E-state index >= 15 is 0 Å². The van der Waals surface area contributed by atoms with E-state index in [1.165, 1.54) is 17.9 Å². The quantitative estimate of drug-likeness (QED) is 0.937. The highest BCUT2D eigenvalue weighted by atomic mass is 19.3. The Bertz CT molecular complexity index is 650. The molecule has 1 N–H and O–H groups in total. The standard InChI is InChI=1S/C14H15F2N3O/c1-8-5-4-6-11(9(8)2)17-14(20)10-7-19(3)18-12(10)13(15)16/h4-7,13H,1-3H3,(H,17,20). The first kappa shape index (κ1) is 14.2. The van der Waals surface area contributed by atoms with Crippen molar-refractivity contribution in [3.05, 3.63) is 46.8 Å². The van der Waals surface area contributed by atoms with E-state index in [0.29, 0.717) is 5.69 Å². The first-order valence-electron chi connectivity index (χ1n) is 6.09. The van der Waals surface area contributed by atoms with Crippen molar-refractivity contribution in [1.82, 2.24) is 9.78 Å². The van der Waals surface area contributed by atoms with Crippen molar-refractivity contribution in [2.75, 3.05) is 5.32 Å². The average Bonchev–Trinajstić information content (AvgIpc) is 2.77. The summed E-state index contributed by atoms with van der Waals surface area (Å²) in [5.41, 5.74) is 1.92. The van der Waals surface area contributed by atoms with Crippen molar-refractivity contribution in [3.8, 4) is 0 Å². The van der Waals surface area contributed by atoms with Crippen LogP contribution in [0.1, 0.15) is 33.6 Å². The van der Waals surface area contributed by atoms with Crippen molar-refractivity contribution in [2.45, 2.75) is 20.3 Å². The number of hydrogen-bond acceptors (Lipinski definition) is 2. The molecule has 0 saturated heterocycles. The van der Waals surface area contributed by atoms with Crippen LogP contribution in [0.25, 0.3) is 0 Å². The molecule has 0 aliphatic rings. The number of halogens is 2. The maximum Gasteiger partial charge on any atom is 0.282 e. The van der Waals surface area contributed by atoms with Gasteiger partial charge >= 0.3 is 0 Å². The van der Waals surface area contributed by atoms with Crippen LogP contribution in [0.2, 0.25) is 0 Å². The van der Waals surface area contributed by atoms with Crippen molar-refractivity contribution in [2.24, 2.45) is 7.05 Å². The Balaban J connectivity index is 2.31. The van der Waals surface area contributed by atoms with E-state index in [-0.39, 0.29) is 5.56 Å². The normalized spacial score (nSPS) is 10.9. The SMILES string of the molecule is Cc1cccc(NC(=O)c2cn(C)nc2C(F)F)c1C. The lowest BCUT2D eigenvalue weighted by atomic mass is 10.1. The molecule has 0 aliphatic heterocycles. The molecular formula is C14H15F2N3O. The lowest BCUT2D eigenvalue weighted by Crippen LogP contribution is -2.14. The molecule has 2 rings (SSSR count). The predicted molar refractivity (Wildman–Crippen MR) is 72.0 cm³/mol. The third-order valence-corrected chi connectivity index (χ3v) is 3.16. The Kier molecular flexibility index (Phi) is 3.83. The first-order chi connectivity index (χ1) is 9.40. The summed E-state index contributed by atoms with van der Waals surface area (Å²) in [7, 11) is 1.50. The number of aryl methyl sites for hydroxylation is 2. The first-order valence-corrected chi connectivity index (χ1v) is 6.09. The van der Waals surface area contributed by atoms with E-state index < -0.39 is 18.0 Å². The molecule has 2 aromatic rings. The van der Waals surface area contributed by atoms with Crippen LogP contribution < -0.4 is 5.32 Å². The van der Waals surface area contributed by atoms with Crippen LogP contribution in [-0.2, 0) is 7.05 Å². The molecule has 0 spiro atoms. The van der Waals surface area contributed by atoms with Gasteiger partial charge in [-0.15, -0.1) is 0 Å². The fourth-order valence-corrected chi connectivity index (χ4v) is 1.92. The molecule has 1 aromatic heterocycles. The highest BCUT2D eigenvalue weighted by Gasteiger charge is 2.23. The molecule has 1 aromatic carbocycles. The van der Waals surface area contributed by atoms with Gasteiger partial charge in [-0.1, -0.05) is 12.1 Å². The van der Waals surface area contributed by atoms with E-state index in [9.17, 15) is 13.6 Å². The molecule has 0 radical (unpaired) electrons. The summed E-state index contributed by atoms with van der Waals surface area (Å²) in [6, 6.07) is 5.45. The van der Waals surface area contributed by atoms with E-state index in [4.69, 9.17) is 0 Å². The Morgan fingerprint density at radius 2 is 2.05 bits per heavy atom. The summed E-state index contributed by atoms with van der Waals surface area (Å²) in [6.45, 7) is 3.78. The zero-order valence-corrected chi connectivity index (χ0v) is 11.4. The van der Waals surface area contributed by atoms with Gasteiger partial charge in [-0.25, -0.2) is 8.78 Å². The van der Waals surface area contributed by atoms with E-state index in [0.717, 1.165) is 11.1 Å². The average molecular weight is 279 g/mol. The van der Waals surface area contributed by atoms with Crippen molar-refractivity contribution >= 4 is 11.6 Å². The number of carbonyl (C=O) groups excluding carboxylic acids is 1. The molecule has 1 heterocycles. The van der Waals surface area contributed by atoms with Gasteiger partial charge in [-0.05, 0) is 31.0 Å². The number of hydrogen-bond donors (Lipinski definition) is 1. The molecule has 0 fully saturated rings. The topological polar surface area (TPSA) is 46.9 Å². The molecule has 0 unspecified atom stereocenters. The largest absolute Gasteiger partial charge is 0.322 e. The minimum atomic E-state index is -2.78. The highest BCUT2D eigenvalue weighted by molar-refractivity contribution is 6.05. The maximum absolute atomic E-state index is 12.8. The van der Waals surface area contributed by atoms with Crippen LogP contribution in [0, 0.1) is 13.8 Å². The summed E-state index contributed by atoms with van der Waals surface area (Å²) >= 11 is 0. The third-order valence-electron chi connectivity index (χ3n) is 3.16. The molecule has 6 heteroatoms. The predicted octanol–water partition coefficient (Wildman–Crippen LogP) is 3.23. The molecule has 0 saturated carbocycles. The second-order valence-corrected chi connectivity index (χ2v) is 4.60. The summed E-state index contributed by atoms with van der Waals surface area (Å²) in [6.07, 6.45) is -1.49.